The Morgan fingerprint density at radius 1 is 1.07 bits per heavy atom. The standard InChI is InChI=1S/C20H18ClN3O2S/c1-13-18(14-5-3-2-4-6-14)24-20(27-13)23-17(25)11-12-22-19(26)15-7-9-16(21)10-8-15/h2-10H,11-12H2,1H3,(H,22,26)(H,23,24,25). The minimum Gasteiger partial charge on any atom is -0.352 e. The number of aromatic nitrogens is 1. The summed E-state index contributed by atoms with van der Waals surface area (Å²) in [6, 6.07) is 16.4. The quantitative estimate of drug-likeness (QED) is 0.639. The maximum Gasteiger partial charge on any atom is 0.251 e. The Balaban J connectivity index is 1.51. The van der Waals surface area contributed by atoms with Crippen molar-refractivity contribution in [3.8, 4) is 11.3 Å². The van der Waals surface area contributed by atoms with Crippen molar-refractivity contribution in [1.82, 2.24) is 10.3 Å². The molecule has 0 saturated heterocycles. The summed E-state index contributed by atoms with van der Waals surface area (Å²) in [6.45, 7) is 2.21. The molecule has 2 aromatic carbocycles. The highest BCUT2D eigenvalue weighted by atomic mass is 35.5. The van der Waals surface area contributed by atoms with Crippen LogP contribution in [0.15, 0.2) is 54.6 Å². The number of thiazole rings is 1. The molecule has 1 aromatic heterocycles. The molecule has 0 aliphatic heterocycles. The van der Waals surface area contributed by atoms with Gasteiger partial charge in [0.15, 0.2) is 5.13 Å². The summed E-state index contributed by atoms with van der Waals surface area (Å²) in [6.07, 6.45) is 0.165. The van der Waals surface area contributed by atoms with Crippen LogP contribution in [-0.4, -0.2) is 23.3 Å². The van der Waals surface area contributed by atoms with Gasteiger partial charge >= 0.3 is 0 Å². The summed E-state index contributed by atoms with van der Waals surface area (Å²) < 4.78 is 0. The van der Waals surface area contributed by atoms with E-state index < -0.39 is 0 Å². The fraction of sp³-hybridized carbons (Fsp3) is 0.150. The van der Waals surface area contributed by atoms with Gasteiger partial charge in [0.25, 0.3) is 5.91 Å². The van der Waals surface area contributed by atoms with Crippen molar-refractivity contribution in [1.29, 1.82) is 0 Å². The molecule has 1 heterocycles. The minimum atomic E-state index is -0.240. The molecule has 0 spiro atoms. The number of amides is 2. The first-order chi connectivity index (χ1) is 13.0. The van der Waals surface area contributed by atoms with Gasteiger partial charge in [-0.1, -0.05) is 41.9 Å². The third kappa shape index (κ3) is 5.15. The third-order valence-electron chi connectivity index (χ3n) is 3.83. The first-order valence-corrected chi connectivity index (χ1v) is 9.59. The van der Waals surface area contributed by atoms with Crippen LogP contribution in [0.5, 0.6) is 0 Å². The lowest BCUT2D eigenvalue weighted by molar-refractivity contribution is -0.116. The van der Waals surface area contributed by atoms with E-state index in [4.69, 9.17) is 11.6 Å². The Hall–Kier alpha value is -2.70. The number of benzene rings is 2. The van der Waals surface area contributed by atoms with Crippen LogP contribution >= 0.6 is 22.9 Å². The number of rotatable bonds is 6. The van der Waals surface area contributed by atoms with E-state index in [9.17, 15) is 9.59 Å². The molecule has 0 bridgehead atoms. The van der Waals surface area contributed by atoms with Crippen molar-refractivity contribution in [3.05, 3.63) is 70.1 Å². The fourth-order valence-electron chi connectivity index (χ4n) is 2.49. The second-order valence-corrected chi connectivity index (χ2v) is 7.49. The smallest absolute Gasteiger partial charge is 0.251 e. The monoisotopic (exact) mass is 399 g/mol. The van der Waals surface area contributed by atoms with E-state index in [1.807, 2.05) is 37.3 Å². The molecule has 0 fully saturated rings. The van der Waals surface area contributed by atoms with Crippen LogP contribution in [0.2, 0.25) is 5.02 Å². The molecule has 0 saturated carbocycles. The topological polar surface area (TPSA) is 71.1 Å². The van der Waals surface area contributed by atoms with Gasteiger partial charge in [0.2, 0.25) is 5.91 Å². The number of aryl methyl sites for hydroxylation is 1. The zero-order valence-electron chi connectivity index (χ0n) is 14.7. The highest BCUT2D eigenvalue weighted by Crippen LogP contribution is 2.30. The lowest BCUT2D eigenvalue weighted by atomic mass is 10.1. The van der Waals surface area contributed by atoms with Gasteiger partial charge in [-0.3, -0.25) is 9.59 Å². The Labute approximate surface area is 166 Å². The molecular weight excluding hydrogens is 382 g/mol. The predicted molar refractivity (Wildman–Crippen MR) is 109 cm³/mol. The first kappa shape index (κ1) is 19.1. The maximum absolute atomic E-state index is 12.1. The number of nitrogens with zero attached hydrogens (tertiary/aromatic N) is 1. The van der Waals surface area contributed by atoms with Crippen molar-refractivity contribution >= 4 is 39.9 Å². The molecule has 3 aromatic rings. The lowest BCUT2D eigenvalue weighted by Crippen LogP contribution is -2.27. The molecule has 27 heavy (non-hydrogen) atoms. The number of nitrogens with one attached hydrogen (secondary N) is 2. The molecule has 3 rings (SSSR count). The molecule has 7 heteroatoms. The van der Waals surface area contributed by atoms with Crippen molar-refractivity contribution in [2.24, 2.45) is 0 Å². The van der Waals surface area contributed by atoms with Crippen LogP contribution in [0, 0.1) is 6.92 Å². The van der Waals surface area contributed by atoms with Crippen LogP contribution < -0.4 is 10.6 Å². The largest absolute Gasteiger partial charge is 0.352 e. The summed E-state index contributed by atoms with van der Waals surface area (Å²) in [4.78, 5) is 29.7. The van der Waals surface area contributed by atoms with Crippen LogP contribution in [0.1, 0.15) is 21.7 Å². The molecule has 138 valence electrons. The molecule has 0 unspecified atom stereocenters. The van der Waals surface area contributed by atoms with E-state index >= 15 is 0 Å². The highest BCUT2D eigenvalue weighted by Gasteiger charge is 2.12. The number of carbonyl (C=O) groups is 2. The zero-order chi connectivity index (χ0) is 19.2. The van der Waals surface area contributed by atoms with Gasteiger partial charge in [0.1, 0.15) is 0 Å². The number of hydrogen-bond acceptors (Lipinski definition) is 4. The van der Waals surface area contributed by atoms with Gasteiger partial charge in [-0.2, -0.15) is 0 Å². The second-order valence-electron chi connectivity index (χ2n) is 5.85. The van der Waals surface area contributed by atoms with Gasteiger partial charge < -0.3 is 10.6 Å². The van der Waals surface area contributed by atoms with E-state index in [0.717, 1.165) is 16.1 Å². The summed E-state index contributed by atoms with van der Waals surface area (Å²) in [5, 5.41) is 6.64. The van der Waals surface area contributed by atoms with Crippen LogP contribution in [0.3, 0.4) is 0 Å². The number of halogens is 1. The Bertz CT molecular complexity index is 940. The van der Waals surface area contributed by atoms with E-state index in [1.165, 1.54) is 11.3 Å². The average Bonchev–Trinajstić information content (AvgIpc) is 3.03. The number of hydrogen-bond donors (Lipinski definition) is 2. The van der Waals surface area contributed by atoms with E-state index in [0.29, 0.717) is 15.7 Å². The van der Waals surface area contributed by atoms with Gasteiger partial charge in [-0.25, -0.2) is 4.98 Å². The number of carbonyl (C=O) groups excluding carboxylic acids is 2. The van der Waals surface area contributed by atoms with Gasteiger partial charge in [-0.15, -0.1) is 11.3 Å². The molecule has 5 nitrogen and oxygen atoms in total. The zero-order valence-corrected chi connectivity index (χ0v) is 16.2. The Morgan fingerprint density at radius 2 is 1.78 bits per heavy atom. The van der Waals surface area contributed by atoms with E-state index in [1.54, 1.807) is 24.3 Å². The minimum absolute atomic E-state index is 0.165. The highest BCUT2D eigenvalue weighted by molar-refractivity contribution is 7.16. The molecule has 2 amide bonds. The van der Waals surface area contributed by atoms with Crippen molar-refractivity contribution < 1.29 is 9.59 Å². The normalized spacial score (nSPS) is 10.4. The predicted octanol–water partition coefficient (Wildman–Crippen LogP) is 4.53. The van der Waals surface area contributed by atoms with Crippen LogP contribution in [0.4, 0.5) is 5.13 Å². The first-order valence-electron chi connectivity index (χ1n) is 8.39. The molecule has 2 N–H and O–H groups in total. The molecule has 0 aliphatic rings. The average molecular weight is 400 g/mol. The molecule has 0 atom stereocenters. The van der Waals surface area contributed by atoms with Crippen molar-refractivity contribution in [3.63, 3.8) is 0 Å². The SMILES string of the molecule is Cc1sc(NC(=O)CCNC(=O)c2ccc(Cl)cc2)nc1-c1ccccc1. The summed E-state index contributed by atoms with van der Waals surface area (Å²) in [7, 11) is 0. The van der Waals surface area contributed by atoms with Crippen molar-refractivity contribution in [2.45, 2.75) is 13.3 Å². The van der Waals surface area contributed by atoms with Crippen molar-refractivity contribution in [2.75, 3.05) is 11.9 Å². The van der Waals surface area contributed by atoms with Crippen LogP contribution in [0.25, 0.3) is 11.3 Å². The molecule has 0 aliphatic carbocycles. The molecule has 0 radical (unpaired) electrons. The Kier molecular flexibility index (Phi) is 6.21. The van der Waals surface area contributed by atoms with E-state index in [2.05, 4.69) is 15.6 Å². The lowest BCUT2D eigenvalue weighted by Gasteiger charge is -2.05. The summed E-state index contributed by atoms with van der Waals surface area (Å²) in [5.74, 6) is -0.435. The third-order valence-corrected chi connectivity index (χ3v) is 4.97. The van der Waals surface area contributed by atoms with Gasteiger partial charge in [0.05, 0.1) is 5.69 Å². The summed E-state index contributed by atoms with van der Waals surface area (Å²) in [5.41, 5.74) is 2.39. The number of anilines is 1. The van der Waals surface area contributed by atoms with E-state index in [-0.39, 0.29) is 24.8 Å². The second kappa shape index (κ2) is 8.79. The van der Waals surface area contributed by atoms with Gasteiger partial charge in [0, 0.05) is 34.0 Å². The maximum atomic E-state index is 12.1. The summed E-state index contributed by atoms with van der Waals surface area (Å²) >= 11 is 7.23. The Morgan fingerprint density at radius 3 is 2.48 bits per heavy atom. The molecular formula is C20H18ClN3O2S. The van der Waals surface area contributed by atoms with Crippen LogP contribution in [-0.2, 0) is 4.79 Å². The van der Waals surface area contributed by atoms with Gasteiger partial charge in [-0.05, 0) is 31.2 Å². The fourth-order valence-corrected chi connectivity index (χ4v) is 3.47.